The molecule has 3 aliphatic rings. The number of fused-ring (bicyclic) bond motifs is 4. The molecule has 3 aromatic rings. The van der Waals surface area contributed by atoms with E-state index in [2.05, 4.69) is 48.0 Å². The first-order chi connectivity index (χ1) is 14.1. The Kier molecular flexibility index (Phi) is 3.77. The minimum Gasteiger partial charge on any atom is -0.355 e. The van der Waals surface area contributed by atoms with Crippen molar-refractivity contribution in [3.05, 3.63) is 59.0 Å². The van der Waals surface area contributed by atoms with Crippen LogP contribution in [-0.2, 0) is 6.42 Å². The average Bonchev–Trinajstić information content (AvgIpc) is 3.07. The summed E-state index contributed by atoms with van der Waals surface area (Å²) in [7, 11) is 0. The van der Waals surface area contributed by atoms with Crippen LogP contribution in [0.4, 0.5) is 5.82 Å². The lowest BCUT2D eigenvalue weighted by atomic mass is 10.0. The number of aryl methyl sites for hydroxylation is 2. The maximum atomic E-state index is 6.20. The lowest BCUT2D eigenvalue weighted by Gasteiger charge is -2.23. The lowest BCUT2D eigenvalue weighted by molar-refractivity contribution is 0.727. The highest BCUT2D eigenvalue weighted by Crippen LogP contribution is 2.49. The molecular weight excluding hydrogens is 378 g/mol. The summed E-state index contributed by atoms with van der Waals surface area (Å²) in [4.78, 5) is 17.9. The average molecular weight is 402 g/mol. The number of anilines is 1. The first kappa shape index (κ1) is 17.4. The fourth-order valence-electron chi connectivity index (χ4n) is 4.92. The Morgan fingerprint density at radius 1 is 1.10 bits per heavy atom. The van der Waals surface area contributed by atoms with Gasteiger partial charge in [0, 0.05) is 48.4 Å². The van der Waals surface area contributed by atoms with Crippen LogP contribution in [0, 0.1) is 25.7 Å². The van der Waals surface area contributed by atoms with E-state index in [9.17, 15) is 0 Å². The van der Waals surface area contributed by atoms with Gasteiger partial charge in [0.15, 0.2) is 5.16 Å². The lowest BCUT2D eigenvalue weighted by Crippen LogP contribution is -2.29. The van der Waals surface area contributed by atoms with E-state index in [0.29, 0.717) is 17.9 Å². The van der Waals surface area contributed by atoms with Gasteiger partial charge in [-0.1, -0.05) is 18.2 Å². The summed E-state index contributed by atoms with van der Waals surface area (Å²) in [5.41, 5.74) is 13.7. The molecule has 2 unspecified atom stereocenters. The minimum atomic E-state index is 0.378. The Hall–Kier alpha value is -2.44. The molecule has 146 valence electrons. The number of benzene rings is 1. The van der Waals surface area contributed by atoms with Crippen molar-refractivity contribution in [1.29, 1.82) is 0 Å². The van der Waals surface area contributed by atoms with Crippen molar-refractivity contribution in [2.75, 3.05) is 18.0 Å². The molecule has 1 aromatic carbocycles. The molecule has 5 nitrogen and oxygen atoms in total. The molecule has 0 bridgehead atoms. The van der Waals surface area contributed by atoms with Crippen molar-refractivity contribution in [1.82, 2.24) is 15.0 Å². The van der Waals surface area contributed by atoms with Gasteiger partial charge < -0.3 is 10.6 Å². The van der Waals surface area contributed by atoms with E-state index in [4.69, 9.17) is 15.7 Å². The number of piperidine rings is 1. The fourth-order valence-corrected chi connectivity index (χ4v) is 5.78. The van der Waals surface area contributed by atoms with E-state index in [1.165, 1.54) is 22.3 Å². The third-order valence-corrected chi connectivity index (χ3v) is 7.41. The van der Waals surface area contributed by atoms with E-state index in [1.807, 2.05) is 12.4 Å². The molecule has 2 N–H and O–H groups in total. The quantitative estimate of drug-likeness (QED) is 0.529. The summed E-state index contributed by atoms with van der Waals surface area (Å²) < 4.78 is 0. The first-order valence-electron chi connectivity index (χ1n) is 10.2. The van der Waals surface area contributed by atoms with E-state index in [1.54, 1.807) is 11.8 Å². The van der Waals surface area contributed by atoms with Crippen LogP contribution < -0.4 is 10.6 Å². The van der Waals surface area contributed by atoms with Crippen molar-refractivity contribution in [3.8, 4) is 11.1 Å². The zero-order valence-electron chi connectivity index (χ0n) is 16.6. The maximum absolute atomic E-state index is 6.20. The molecule has 6 rings (SSSR count). The number of hydrogen-bond acceptors (Lipinski definition) is 6. The number of rotatable bonds is 3. The second-order valence-corrected chi connectivity index (χ2v) is 9.58. The van der Waals surface area contributed by atoms with Gasteiger partial charge >= 0.3 is 0 Å². The highest BCUT2D eigenvalue weighted by molar-refractivity contribution is 7.99. The number of hydrogen-bond donors (Lipinski definition) is 1. The van der Waals surface area contributed by atoms with E-state index in [0.717, 1.165) is 46.6 Å². The van der Waals surface area contributed by atoms with Gasteiger partial charge in [0.2, 0.25) is 0 Å². The Labute approximate surface area is 174 Å². The van der Waals surface area contributed by atoms with Crippen LogP contribution >= 0.6 is 11.8 Å². The molecule has 1 saturated carbocycles. The molecule has 1 saturated heterocycles. The molecule has 0 radical (unpaired) electrons. The zero-order chi connectivity index (χ0) is 19.7. The van der Waals surface area contributed by atoms with Crippen molar-refractivity contribution in [3.63, 3.8) is 0 Å². The topological polar surface area (TPSA) is 67.9 Å². The molecule has 6 heteroatoms. The van der Waals surface area contributed by atoms with Crippen molar-refractivity contribution in [2.45, 2.75) is 36.4 Å². The predicted octanol–water partition coefficient (Wildman–Crippen LogP) is 3.60. The summed E-state index contributed by atoms with van der Waals surface area (Å²) in [6.07, 6.45) is 4.64. The summed E-state index contributed by atoms with van der Waals surface area (Å²) in [6, 6.07) is 9.07. The van der Waals surface area contributed by atoms with E-state index < -0.39 is 0 Å². The van der Waals surface area contributed by atoms with Crippen LogP contribution in [0.3, 0.4) is 0 Å². The Morgan fingerprint density at radius 3 is 2.72 bits per heavy atom. The Morgan fingerprint density at radius 2 is 1.93 bits per heavy atom. The number of nitrogens with zero attached hydrogens (tertiary/aromatic N) is 4. The molecule has 29 heavy (non-hydrogen) atoms. The third kappa shape index (κ3) is 2.77. The van der Waals surface area contributed by atoms with Gasteiger partial charge in [-0.25, -0.2) is 9.97 Å². The highest BCUT2D eigenvalue weighted by atomic mass is 32.2. The van der Waals surface area contributed by atoms with Crippen LogP contribution in [0.1, 0.15) is 22.4 Å². The molecule has 1 aliphatic heterocycles. The predicted molar refractivity (Wildman–Crippen MR) is 115 cm³/mol. The maximum Gasteiger partial charge on any atom is 0.194 e. The molecule has 3 heterocycles. The number of aromatic nitrogens is 3. The van der Waals surface area contributed by atoms with E-state index in [-0.39, 0.29) is 0 Å². The minimum absolute atomic E-state index is 0.378. The molecule has 2 aromatic heterocycles. The summed E-state index contributed by atoms with van der Waals surface area (Å²) in [5.74, 6) is 2.33. The summed E-state index contributed by atoms with van der Waals surface area (Å²) in [5, 5.41) is 0.807. The van der Waals surface area contributed by atoms with Gasteiger partial charge in [0.25, 0.3) is 0 Å². The Balaban J connectivity index is 1.45. The van der Waals surface area contributed by atoms with Crippen LogP contribution in [0.25, 0.3) is 11.1 Å². The van der Waals surface area contributed by atoms with Gasteiger partial charge in [0.05, 0.1) is 5.69 Å². The first-order valence-corrected chi connectivity index (χ1v) is 11.0. The molecule has 2 atom stereocenters. The zero-order valence-corrected chi connectivity index (χ0v) is 17.4. The fraction of sp³-hybridized carbons (Fsp3) is 0.348. The van der Waals surface area contributed by atoms with Crippen molar-refractivity contribution in [2.24, 2.45) is 17.6 Å². The van der Waals surface area contributed by atoms with Crippen LogP contribution in [-0.4, -0.2) is 34.1 Å². The number of nitrogens with two attached hydrogens (primary N) is 1. The van der Waals surface area contributed by atoms with Crippen LogP contribution in [0.5, 0.6) is 0 Å². The van der Waals surface area contributed by atoms with E-state index >= 15 is 0 Å². The van der Waals surface area contributed by atoms with Gasteiger partial charge in [0.1, 0.15) is 5.82 Å². The van der Waals surface area contributed by atoms with Crippen LogP contribution in [0.2, 0.25) is 0 Å². The standard InChI is InChI=1S/C23H23N5S/c1-12-6-14(9-25-8-12)29-23-26-19-7-16-13(2)4-3-5-15(16)20(19)22(27-23)28-10-17-18(11-28)21(17)24/h3-6,8-9,17-18,21H,7,10-11,24H2,1-2H3. The SMILES string of the molecule is Cc1cncc(Sc2nc3c(c(N4CC5C(N)C5C4)n2)-c2cccc(C)c2C3)c1. The Bertz CT molecular complexity index is 1130. The molecule has 0 amide bonds. The monoisotopic (exact) mass is 401 g/mol. The highest BCUT2D eigenvalue weighted by Gasteiger charge is 2.54. The van der Waals surface area contributed by atoms with Crippen molar-refractivity contribution < 1.29 is 0 Å². The molecule has 0 spiro atoms. The summed E-state index contributed by atoms with van der Waals surface area (Å²) in [6.45, 7) is 6.26. The number of pyridine rings is 1. The van der Waals surface area contributed by atoms with Gasteiger partial charge in [-0.2, -0.15) is 0 Å². The van der Waals surface area contributed by atoms with Gasteiger partial charge in [-0.05, 0) is 65.8 Å². The normalized spacial score (nSPS) is 23.7. The molecule has 2 fully saturated rings. The molecular formula is C23H23N5S. The van der Waals surface area contributed by atoms with Gasteiger partial charge in [-0.15, -0.1) is 0 Å². The van der Waals surface area contributed by atoms with Crippen molar-refractivity contribution >= 4 is 17.6 Å². The smallest absolute Gasteiger partial charge is 0.194 e. The third-order valence-electron chi connectivity index (χ3n) is 6.59. The van der Waals surface area contributed by atoms with Crippen LogP contribution in [0.15, 0.2) is 46.7 Å². The largest absolute Gasteiger partial charge is 0.355 e. The molecule has 2 aliphatic carbocycles. The second kappa shape index (κ2) is 6.28. The second-order valence-electron chi connectivity index (χ2n) is 8.54. The van der Waals surface area contributed by atoms with Gasteiger partial charge in [-0.3, -0.25) is 4.98 Å². The summed E-state index contributed by atoms with van der Waals surface area (Å²) >= 11 is 1.60.